The lowest BCUT2D eigenvalue weighted by Gasteiger charge is -2.22. The van der Waals surface area contributed by atoms with Crippen LogP contribution in [0.1, 0.15) is 5.56 Å². The smallest absolute Gasteiger partial charge is 0.245 e. The van der Waals surface area contributed by atoms with Crippen molar-refractivity contribution in [3.05, 3.63) is 66.0 Å². The highest BCUT2D eigenvalue weighted by atomic mass is 19.1. The van der Waals surface area contributed by atoms with Crippen molar-refractivity contribution in [2.45, 2.75) is 13.0 Å². The monoisotopic (exact) mass is 387 g/mol. The van der Waals surface area contributed by atoms with Gasteiger partial charge in [-0.3, -0.25) is 0 Å². The largest absolute Gasteiger partial charge is 0.472 e. The van der Waals surface area contributed by atoms with Crippen LogP contribution in [0.15, 0.2) is 59.2 Å². The molecule has 0 amide bonds. The lowest BCUT2D eigenvalue weighted by molar-refractivity contribution is 0.0455. The molecule has 0 radical (unpaired) electrons. The molecule has 1 aliphatic rings. The highest BCUT2D eigenvalue weighted by Gasteiger charge is 2.28. The molecular formula is C17H15F2N7O2. The Morgan fingerprint density at radius 1 is 1.11 bits per heavy atom. The number of aliphatic hydroxyl groups is 1. The van der Waals surface area contributed by atoms with Crippen LogP contribution in [0.5, 0.6) is 5.88 Å². The molecule has 1 aromatic carbocycles. The Labute approximate surface area is 158 Å². The highest BCUT2D eigenvalue weighted by molar-refractivity contribution is 5.54. The molecule has 4 rings (SSSR count). The number of rotatable bonds is 5. The molecule has 1 N–H and O–H groups in total. The van der Waals surface area contributed by atoms with Gasteiger partial charge in [0.2, 0.25) is 12.2 Å². The SMILES string of the molecule is CN1N=NN(c2cccc(F)c2COc2ccn(-c3ncccc3F)n2)C1O. The molecule has 11 heteroatoms. The molecule has 0 saturated carbocycles. The van der Waals surface area contributed by atoms with E-state index in [0.717, 1.165) is 0 Å². The molecule has 3 heterocycles. The summed E-state index contributed by atoms with van der Waals surface area (Å²) < 4.78 is 35.0. The number of hydrogen-bond donors (Lipinski definition) is 1. The highest BCUT2D eigenvalue weighted by Crippen LogP contribution is 2.29. The van der Waals surface area contributed by atoms with E-state index in [9.17, 15) is 13.9 Å². The second kappa shape index (κ2) is 7.19. The lowest BCUT2D eigenvalue weighted by atomic mass is 10.1. The third kappa shape index (κ3) is 3.22. The molecule has 144 valence electrons. The van der Waals surface area contributed by atoms with E-state index in [-0.39, 0.29) is 23.9 Å². The maximum atomic E-state index is 14.4. The zero-order valence-corrected chi connectivity index (χ0v) is 14.6. The number of halogens is 2. The first kappa shape index (κ1) is 17.8. The lowest BCUT2D eigenvalue weighted by Crippen LogP contribution is -2.36. The van der Waals surface area contributed by atoms with Crippen molar-refractivity contribution in [3.63, 3.8) is 0 Å². The molecule has 1 atom stereocenters. The zero-order valence-electron chi connectivity index (χ0n) is 14.6. The van der Waals surface area contributed by atoms with Crippen LogP contribution in [0.25, 0.3) is 5.82 Å². The number of anilines is 1. The molecule has 28 heavy (non-hydrogen) atoms. The fourth-order valence-electron chi connectivity index (χ4n) is 2.63. The van der Waals surface area contributed by atoms with Crippen LogP contribution < -0.4 is 9.75 Å². The van der Waals surface area contributed by atoms with E-state index in [0.29, 0.717) is 5.69 Å². The Bertz CT molecular complexity index is 1030. The zero-order chi connectivity index (χ0) is 19.7. The molecular weight excluding hydrogens is 372 g/mol. The maximum absolute atomic E-state index is 14.4. The minimum atomic E-state index is -1.16. The Kier molecular flexibility index (Phi) is 4.57. The summed E-state index contributed by atoms with van der Waals surface area (Å²) in [4.78, 5) is 3.92. The topological polar surface area (TPSA) is 91.4 Å². The van der Waals surface area contributed by atoms with Crippen LogP contribution in [-0.4, -0.2) is 38.3 Å². The fourth-order valence-corrected chi connectivity index (χ4v) is 2.63. The van der Waals surface area contributed by atoms with Gasteiger partial charge in [0.1, 0.15) is 12.4 Å². The van der Waals surface area contributed by atoms with Crippen molar-refractivity contribution in [1.82, 2.24) is 19.8 Å². The first-order valence-corrected chi connectivity index (χ1v) is 8.23. The Balaban J connectivity index is 1.55. The van der Waals surface area contributed by atoms with Crippen molar-refractivity contribution in [2.24, 2.45) is 10.4 Å². The molecule has 3 aromatic rings. The van der Waals surface area contributed by atoms with Crippen molar-refractivity contribution in [1.29, 1.82) is 0 Å². The number of aromatic nitrogens is 3. The standard InChI is InChI=1S/C17H15F2N7O2/c1-24-17(27)26(23-22-24)14-6-2-4-12(18)11(14)10-28-15-7-9-25(21-15)16-13(19)5-3-8-20-16/h2-9,17,27H,10H2,1H3. The third-order valence-corrected chi connectivity index (χ3v) is 4.06. The summed E-state index contributed by atoms with van der Waals surface area (Å²) in [5.41, 5.74) is 0.463. The van der Waals surface area contributed by atoms with Crippen molar-refractivity contribution >= 4 is 5.69 Å². The predicted molar refractivity (Wildman–Crippen MR) is 93.2 cm³/mol. The first-order chi connectivity index (χ1) is 13.5. The van der Waals surface area contributed by atoms with E-state index in [1.165, 1.54) is 64.5 Å². The second-order valence-corrected chi connectivity index (χ2v) is 5.88. The fraction of sp³-hybridized carbons (Fsp3) is 0.176. The summed E-state index contributed by atoms with van der Waals surface area (Å²) in [5.74, 6) is -0.900. The van der Waals surface area contributed by atoms with Gasteiger partial charge in [-0.05, 0) is 34.7 Å². The Morgan fingerprint density at radius 3 is 2.68 bits per heavy atom. The van der Waals surface area contributed by atoms with E-state index in [1.54, 1.807) is 6.07 Å². The quantitative estimate of drug-likeness (QED) is 0.723. The van der Waals surface area contributed by atoms with E-state index in [4.69, 9.17) is 4.74 Å². The van der Waals surface area contributed by atoms with Gasteiger partial charge in [0.05, 0.1) is 11.3 Å². The summed E-state index contributed by atoms with van der Waals surface area (Å²) in [6, 6.07) is 8.60. The molecule has 1 unspecified atom stereocenters. The molecule has 1 aliphatic heterocycles. The summed E-state index contributed by atoms with van der Waals surface area (Å²) in [6.45, 7) is -0.188. The van der Waals surface area contributed by atoms with Gasteiger partial charge in [0.15, 0.2) is 11.6 Å². The van der Waals surface area contributed by atoms with Gasteiger partial charge < -0.3 is 9.84 Å². The van der Waals surface area contributed by atoms with Crippen LogP contribution in [0, 0.1) is 11.6 Å². The second-order valence-electron chi connectivity index (χ2n) is 5.88. The minimum Gasteiger partial charge on any atom is -0.472 e. The summed E-state index contributed by atoms with van der Waals surface area (Å²) in [5, 5.41) is 24.1. The number of benzene rings is 1. The first-order valence-electron chi connectivity index (χ1n) is 8.23. The van der Waals surface area contributed by atoms with Gasteiger partial charge in [-0.15, -0.1) is 5.10 Å². The third-order valence-electron chi connectivity index (χ3n) is 4.06. The van der Waals surface area contributed by atoms with E-state index >= 15 is 0 Å². The number of ether oxygens (including phenoxy) is 1. The number of aliphatic hydroxyl groups excluding tert-OH is 1. The van der Waals surface area contributed by atoms with Gasteiger partial charge in [-0.1, -0.05) is 6.07 Å². The predicted octanol–water partition coefficient (Wildman–Crippen LogP) is 2.43. The Morgan fingerprint density at radius 2 is 1.93 bits per heavy atom. The van der Waals surface area contributed by atoms with E-state index < -0.39 is 18.0 Å². The molecule has 9 nitrogen and oxygen atoms in total. The molecule has 2 aromatic heterocycles. The summed E-state index contributed by atoms with van der Waals surface area (Å²) >= 11 is 0. The van der Waals surface area contributed by atoms with Crippen molar-refractivity contribution < 1.29 is 18.6 Å². The molecule has 0 fully saturated rings. The van der Waals surface area contributed by atoms with Crippen LogP contribution >= 0.6 is 0 Å². The normalized spacial score (nSPS) is 16.1. The summed E-state index contributed by atoms with van der Waals surface area (Å²) in [6.07, 6.45) is 1.77. The minimum absolute atomic E-state index is 0.0209. The molecule has 0 spiro atoms. The van der Waals surface area contributed by atoms with Crippen molar-refractivity contribution in [2.75, 3.05) is 12.1 Å². The van der Waals surface area contributed by atoms with Crippen LogP contribution in [-0.2, 0) is 6.61 Å². The number of nitrogens with zero attached hydrogens (tertiary/aromatic N) is 7. The summed E-state index contributed by atoms with van der Waals surface area (Å²) in [7, 11) is 1.53. The van der Waals surface area contributed by atoms with Crippen LogP contribution in [0.3, 0.4) is 0 Å². The average molecular weight is 387 g/mol. The van der Waals surface area contributed by atoms with Crippen molar-refractivity contribution in [3.8, 4) is 11.7 Å². The molecule has 0 saturated heterocycles. The van der Waals surface area contributed by atoms with E-state index in [2.05, 4.69) is 20.5 Å². The Hall–Kier alpha value is -3.60. The molecule has 0 aliphatic carbocycles. The van der Waals surface area contributed by atoms with Crippen LogP contribution in [0.4, 0.5) is 14.5 Å². The van der Waals surface area contributed by atoms with Gasteiger partial charge >= 0.3 is 0 Å². The van der Waals surface area contributed by atoms with E-state index in [1.807, 2.05) is 0 Å². The van der Waals surface area contributed by atoms with Gasteiger partial charge in [0, 0.05) is 25.5 Å². The van der Waals surface area contributed by atoms with Crippen LogP contribution in [0.2, 0.25) is 0 Å². The number of hydrogen-bond acceptors (Lipinski definition) is 8. The average Bonchev–Trinajstić information content (AvgIpc) is 3.28. The number of pyridine rings is 1. The van der Waals surface area contributed by atoms with Gasteiger partial charge in [-0.2, -0.15) is 5.01 Å². The van der Waals surface area contributed by atoms with Gasteiger partial charge in [0.25, 0.3) is 0 Å². The van der Waals surface area contributed by atoms with Gasteiger partial charge in [-0.25, -0.2) is 23.5 Å². The molecule has 0 bridgehead atoms. The maximum Gasteiger partial charge on any atom is 0.245 e.